The highest BCUT2D eigenvalue weighted by Crippen LogP contribution is 2.33. The standard InChI is InChI=1S/C83H139NO18/c1-3-5-7-9-11-13-15-17-19-21-23-25-27-29-31-32-33-34-35-37-39-41-43-45-47-49-51-53-55-57-59-61-71(89)84-66(67(88)60-58-56-54-52-50-48-46-44-42-40-38-36-30-28-26-24-22-20-18-16-14-12-10-8-6-4-2)65-97-81-77(95)74(92)79(69(63-86)99-81)102-83-78(96)75(93)80(70(64-87)100-83)101-82-76(94)73(91)72(90)68(62-85)98-82/h5,7,11,13,17,19,23,25,29,31,33-34,37,39,42-45,50,52,58,60,66-70,72-83,85-88,90-96H,3-4,6,8-10,12,14-16,18,20-22,24,26-28,30,32,35-36,38,40-41,46-49,51,53-57,59,61-65H2,1-2H3,(H,84,89)/b7-5-,13-11-,19-17-,25-23-,31-29-,34-33-,39-37-,44-42+,45-43-,52-50+,60-58+. The van der Waals surface area contributed by atoms with Gasteiger partial charge in [-0.05, 0) is 109 Å². The van der Waals surface area contributed by atoms with Gasteiger partial charge in [0, 0.05) is 6.42 Å². The Hall–Kier alpha value is -4.07. The summed E-state index contributed by atoms with van der Waals surface area (Å²) in [5.41, 5.74) is 0. The average Bonchev–Trinajstić information content (AvgIpc) is 0.781. The molecule has 584 valence electrons. The van der Waals surface area contributed by atoms with Crippen molar-refractivity contribution in [3.63, 3.8) is 0 Å². The first-order chi connectivity index (χ1) is 49.8. The van der Waals surface area contributed by atoms with Crippen molar-refractivity contribution in [2.45, 2.75) is 356 Å². The van der Waals surface area contributed by atoms with Crippen molar-refractivity contribution < 1.29 is 89.4 Å². The maximum atomic E-state index is 13.5. The minimum atomic E-state index is -1.99. The summed E-state index contributed by atoms with van der Waals surface area (Å²) in [6.07, 6.45) is 61.4. The van der Waals surface area contributed by atoms with Crippen LogP contribution in [0.3, 0.4) is 0 Å². The smallest absolute Gasteiger partial charge is 0.220 e. The Kier molecular flexibility index (Phi) is 56.0. The first-order valence-electron chi connectivity index (χ1n) is 39.4. The van der Waals surface area contributed by atoms with Crippen LogP contribution in [0.4, 0.5) is 0 Å². The highest BCUT2D eigenvalue weighted by atomic mass is 16.8. The lowest BCUT2D eigenvalue weighted by molar-refractivity contribution is -0.379. The number of amides is 1. The molecule has 0 bridgehead atoms. The van der Waals surface area contributed by atoms with Crippen molar-refractivity contribution in [3.05, 3.63) is 134 Å². The van der Waals surface area contributed by atoms with Gasteiger partial charge in [0.25, 0.3) is 0 Å². The number of ether oxygens (including phenoxy) is 6. The second kappa shape index (κ2) is 62.0. The van der Waals surface area contributed by atoms with Gasteiger partial charge in [0.1, 0.15) is 73.2 Å². The zero-order valence-corrected chi connectivity index (χ0v) is 62.3. The zero-order valence-electron chi connectivity index (χ0n) is 62.3. The lowest BCUT2D eigenvalue weighted by Crippen LogP contribution is -2.66. The van der Waals surface area contributed by atoms with Crippen molar-refractivity contribution in [3.8, 4) is 0 Å². The molecule has 0 aromatic heterocycles. The van der Waals surface area contributed by atoms with Crippen LogP contribution < -0.4 is 5.32 Å². The first kappa shape index (κ1) is 92.1. The Morgan fingerprint density at radius 1 is 0.363 bits per heavy atom. The average molecular weight is 1440 g/mol. The molecule has 0 saturated carbocycles. The molecule has 0 radical (unpaired) electrons. The molecule has 17 unspecified atom stereocenters. The van der Waals surface area contributed by atoms with E-state index >= 15 is 0 Å². The number of aliphatic hydroxyl groups is 11. The van der Waals surface area contributed by atoms with E-state index in [1.165, 1.54) is 103 Å². The molecule has 3 aliphatic heterocycles. The van der Waals surface area contributed by atoms with E-state index in [9.17, 15) is 61.0 Å². The van der Waals surface area contributed by atoms with Crippen LogP contribution >= 0.6 is 0 Å². The Morgan fingerprint density at radius 3 is 1.10 bits per heavy atom. The third-order valence-corrected chi connectivity index (χ3v) is 18.7. The van der Waals surface area contributed by atoms with E-state index in [4.69, 9.17) is 28.4 Å². The number of rotatable bonds is 60. The predicted molar refractivity (Wildman–Crippen MR) is 406 cm³/mol. The zero-order chi connectivity index (χ0) is 73.9. The van der Waals surface area contributed by atoms with E-state index in [1.54, 1.807) is 6.08 Å². The maximum Gasteiger partial charge on any atom is 0.220 e. The van der Waals surface area contributed by atoms with Gasteiger partial charge >= 0.3 is 0 Å². The number of carbonyl (C=O) groups is 1. The summed E-state index contributed by atoms with van der Waals surface area (Å²) >= 11 is 0. The molecular formula is C83H139NO18. The second-order valence-corrected chi connectivity index (χ2v) is 27.4. The molecule has 3 heterocycles. The molecule has 19 nitrogen and oxygen atoms in total. The van der Waals surface area contributed by atoms with Gasteiger partial charge in [-0.15, -0.1) is 0 Å². The third kappa shape index (κ3) is 41.7. The van der Waals surface area contributed by atoms with Gasteiger partial charge < -0.3 is 89.9 Å². The van der Waals surface area contributed by atoms with Crippen LogP contribution in [0, 0.1) is 0 Å². The number of unbranched alkanes of at least 4 members (excludes halogenated alkanes) is 24. The van der Waals surface area contributed by atoms with E-state index in [0.717, 1.165) is 116 Å². The molecule has 12 N–H and O–H groups in total. The summed E-state index contributed by atoms with van der Waals surface area (Å²) in [4.78, 5) is 13.5. The van der Waals surface area contributed by atoms with Crippen molar-refractivity contribution in [2.24, 2.45) is 0 Å². The molecule has 0 aromatic rings. The molecule has 19 heteroatoms. The maximum absolute atomic E-state index is 13.5. The van der Waals surface area contributed by atoms with Crippen LogP contribution in [0.15, 0.2) is 134 Å². The quantitative estimate of drug-likeness (QED) is 0.0199. The van der Waals surface area contributed by atoms with Gasteiger partial charge in [0.2, 0.25) is 5.91 Å². The van der Waals surface area contributed by atoms with Gasteiger partial charge in [-0.3, -0.25) is 4.79 Å². The summed E-state index contributed by atoms with van der Waals surface area (Å²) in [7, 11) is 0. The number of allylic oxidation sites excluding steroid dienone is 21. The van der Waals surface area contributed by atoms with Crippen LogP contribution in [0.5, 0.6) is 0 Å². The summed E-state index contributed by atoms with van der Waals surface area (Å²) < 4.78 is 34.4. The molecular weight excluding hydrogens is 1300 g/mol. The highest BCUT2D eigenvalue weighted by molar-refractivity contribution is 5.76. The van der Waals surface area contributed by atoms with Crippen LogP contribution in [-0.2, 0) is 33.2 Å². The predicted octanol–water partition coefficient (Wildman–Crippen LogP) is 12.9. The van der Waals surface area contributed by atoms with Gasteiger partial charge in [0.15, 0.2) is 18.9 Å². The highest BCUT2D eigenvalue weighted by Gasteiger charge is 2.53. The number of nitrogens with one attached hydrogen (secondary N) is 1. The van der Waals surface area contributed by atoms with E-state index in [-0.39, 0.29) is 18.9 Å². The molecule has 1 amide bonds. The van der Waals surface area contributed by atoms with E-state index in [0.29, 0.717) is 12.8 Å². The minimum Gasteiger partial charge on any atom is -0.394 e. The Morgan fingerprint density at radius 2 is 0.686 bits per heavy atom. The fourth-order valence-electron chi connectivity index (χ4n) is 12.4. The second-order valence-electron chi connectivity index (χ2n) is 27.4. The van der Waals surface area contributed by atoms with Crippen LogP contribution in [0.2, 0.25) is 0 Å². The summed E-state index contributed by atoms with van der Waals surface area (Å²) in [5, 5.41) is 121. The summed E-state index contributed by atoms with van der Waals surface area (Å²) in [6, 6.07) is -1.02. The third-order valence-electron chi connectivity index (χ3n) is 18.7. The first-order valence-corrected chi connectivity index (χ1v) is 39.4. The summed E-state index contributed by atoms with van der Waals surface area (Å²) in [6.45, 7) is 1.59. The number of aliphatic hydroxyl groups excluding tert-OH is 11. The van der Waals surface area contributed by atoms with Crippen LogP contribution in [-0.4, -0.2) is 193 Å². The minimum absolute atomic E-state index is 0.206. The van der Waals surface area contributed by atoms with Gasteiger partial charge in [-0.25, -0.2) is 0 Å². The lowest BCUT2D eigenvalue weighted by atomic mass is 9.96. The van der Waals surface area contributed by atoms with Gasteiger partial charge in [-0.2, -0.15) is 0 Å². The molecule has 17 atom stereocenters. The van der Waals surface area contributed by atoms with Gasteiger partial charge in [-0.1, -0.05) is 270 Å². The van der Waals surface area contributed by atoms with Crippen molar-refractivity contribution >= 4 is 5.91 Å². The number of carbonyl (C=O) groups excluding carboxylic acids is 1. The normalized spacial score (nSPS) is 26.9. The molecule has 3 rings (SSSR count). The number of hydrogen-bond acceptors (Lipinski definition) is 18. The van der Waals surface area contributed by atoms with E-state index in [1.807, 2.05) is 6.08 Å². The van der Waals surface area contributed by atoms with Crippen LogP contribution in [0.1, 0.15) is 251 Å². The van der Waals surface area contributed by atoms with Crippen molar-refractivity contribution in [2.75, 3.05) is 26.4 Å². The van der Waals surface area contributed by atoms with E-state index < -0.39 is 124 Å². The van der Waals surface area contributed by atoms with Crippen molar-refractivity contribution in [1.82, 2.24) is 5.32 Å². The van der Waals surface area contributed by atoms with Gasteiger partial charge in [0.05, 0.1) is 38.6 Å². The SMILES string of the molecule is CC/C=C\C/C=C\C/C=C\C/C=C\C/C=C\C/C=C\C/C=C\C/C=C\CCCCCCCCC(=O)NC(COC1OC(CO)C(OC2OC(CO)C(OC3OC(CO)C(O)C(O)C3O)C(O)C2O)C(O)C1O)C(O)/C=C/CC/C=C/CC/C=C/CCCCCCCCCCCCCCCCCC. The molecule has 0 aromatic carbocycles. The molecule has 3 saturated heterocycles. The lowest BCUT2D eigenvalue weighted by Gasteiger charge is -2.48. The Labute approximate surface area is 613 Å². The molecule has 0 spiro atoms. The fraction of sp³-hybridized carbons (Fsp3) is 0.723. The van der Waals surface area contributed by atoms with Crippen molar-refractivity contribution in [1.29, 1.82) is 0 Å². The molecule has 0 aliphatic carbocycles. The van der Waals surface area contributed by atoms with E-state index in [2.05, 4.69) is 141 Å². The Balaban J connectivity index is 1.42. The fourth-order valence-corrected chi connectivity index (χ4v) is 12.4. The number of hydrogen-bond donors (Lipinski definition) is 12. The molecule has 3 fully saturated rings. The monoisotopic (exact) mass is 1440 g/mol. The Bertz CT molecular complexity index is 2370. The summed E-state index contributed by atoms with van der Waals surface area (Å²) in [5.74, 6) is -0.309. The topological polar surface area (TPSA) is 307 Å². The largest absolute Gasteiger partial charge is 0.394 e. The van der Waals surface area contributed by atoms with Crippen LogP contribution in [0.25, 0.3) is 0 Å². The molecule has 3 aliphatic rings. The molecule has 102 heavy (non-hydrogen) atoms.